The molecule has 2 aromatic carbocycles. The molecule has 0 bridgehead atoms. The van der Waals surface area contributed by atoms with Gasteiger partial charge in [-0.3, -0.25) is 14.5 Å². The summed E-state index contributed by atoms with van der Waals surface area (Å²) in [6.45, 7) is 6.84. The molecule has 172 valence electrons. The quantitative estimate of drug-likeness (QED) is 0.580. The Balaban J connectivity index is 1.53. The zero-order valence-corrected chi connectivity index (χ0v) is 18.7. The van der Waals surface area contributed by atoms with Crippen molar-refractivity contribution in [2.75, 3.05) is 37.6 Å². The van der Waals surface area contributed by atoms with Crippen LogP contribution < -0.4 is 10.3 Å². The summed E-state index contributed by atoms with van der Waals surface area (Å²) < 4.78 is 16.7. The van der Waals surface area contributed by atoms with Gasteiger partial charge in [0.15, 0.2) is 5.78 Å². The Kier molecular flexibility index (Phi) is 6.29. The van der Waals surface area contributed by atoms with Gasteiger partial charge in [0.1, 0.15) is 11.4 Å². The van der Waals surface area contributed by atoms with Gasteiger partial charge in [0.05, 0.1) is 17.7 Å². The highest BCUT2D eigenvalue weighted by molar-refractivity contribution is 5.97. The number of rotatable bonds is 6. The van der Waals surface area contributed by atoms with E-state index >= 15 is 4.39 Å². The summed E-state index contributed by atoms with van der Waals surface area (Å²) in [6.07, 6.45) is 1.31. The SMILES string of the molecule is CCn1cc(C(=O)O)c(=O)c2cc(F)c(N3CCN(CC(=O)c4ccc(C)cc4)CC3)cc21. The molecule has 1 aliphatic heterocycles. The maximum atomic E-state index is 15.0. The Bertz CT molecular complexity index is 1280. The van der Waals surface area contributed by atoms with Crippen LogP contribution in [-0.2, 0) is 6.54 Å². The van der Waals surface area contributed by atoms with E-state index in [9.17, 15) is 19.5 Å². The zero-order valence-electron chi connectivity index (χ0n) is 18.7. The van der Waals surface area contributed by atoms with Crippen LogP contribution in [0.1, 0.15) is 33.2 Å². The van der Waals surface area contributed by atoms with E-state index < -0.39 is 17.2 Å². The number of aromatic nitrogens is 1. The molecular formula is C25H26FN3O4. The van der Waals surface area contributed by atoms with E-state index in [1.165, 1.54) is 6.20 Å². The second kappa shape index (κ2) is 9.15. The van der Waals surface area contributed by atoms with Crippen molar-refractivity contribution in [3.63, 3.8) is 0 Å². The maximum Gasteiger partial charge on any atom is 0.341 e. The van der Waals surface area contributed by atoms with Crippen LogP contribution in [0.2, 0.25) is 0 Å². The van der Waals surface area contributed by atoms with Crippen molar-refractivity contribution < 1.29 is 19.1 Å². The molecule has 33 heavy (non-hydrogen) atoms. The third-order valence-corrected chi connectivity index (χ3v) is 6.17. The summed E-state index contributed by atoms with van der Waals surface area (Å²) in [4.78, 5) is 40.5. The van der Waals surface area contributed by atoms with E-state index in [0.717, 1.165) is 11.6 Å². The first-order valence-corrected chi connectivity index (χ1v) is 11.0. The second-order valence-electron chi connectivity index (χ2n) is 8.34. The van der Waals surface area contributed by atoms with Crippen LogP contribution >= 0.6 is 0 Å². The van der Waals surface area contributed by atoms with E-state index in [-0.39, 0.29) is 16.7 Å². The minimum absolute atomic E-state index is 0.0559. The number of nitrogens with zero attached hydrogens (tertiary/aromatic N) is 3. The summed E-state index contributed by atoms with van der Waals surface area (Å²) in [7, 11) is 0. The number of ketones is 1. The number of piperazine rings is 1. The van der Waals surface area contributed by atoms with Crippen LogP contribution in [0.3, 0.4) is 0 Å². The van der Waals surface area contributed by atoms with Gasteiger partial charge in [0.25, 0.3) is 0 Å². The van der Waals surface area contributed by atoms with Crippen molar-refractivity contribution in [3.05, 3.63) is 75.3 Å². The molecule has 1 aliphatic rings. The molecule has 0 amide bonds. The number of benzene rings is 2. The molecule has 0 aliphatic carbocycles. The molecule has 1 fully saturated rings. The fourth-order valence-corrected chi connectivity index (χ4v) is 4.24. The Morgan fingerprint density at radius 2 is 1.73 bits per heavy atom. The number of fused-ring (bicyclic) bond motifs is 1. The number of carboxylic acid groups (broad SMARTS) is 1. The number of carboxylic acids is 1. The van der Waals surface area contributed by atoms with Crippen LogP contribution in [0.25, 0.3) is 10.9 Å². The Labute approximate surface area is 190 Å². The molecule has 0 unspecified atom stereocenters. The lowest BCUT2D eigenvalue weighted by Crippen LogP contribution is -2.48. The van der Waals surface area contributed by atoms with Gasteiger partial charge in [0, 0.05) is 49.9 Å². The van der Waals surface area contributed by atoms with Gasteiger partial charge < -0.3 is 14.6 Å². The number of aryl methyl sites for hydroxylation is 2. The van der Waals surface area contributed by atoms with E-state index in [4.69, 9.17) is 0 Å². The average molecular weight is 451 g/mol. The van der Waals surface area contributed by atoms with Gasteiger partial charge in [-0.2, -0.15) is 0 Å². The van der Waals surface area contributed by atoms with E-state index in [1.807, 2.05) is 43.0 Å². The van der Waals surface area contributed by atoms with Gasteiger partial charge >= 0.3 is 5.97 Å². The molecule has 0 atom stereocenters. The highest BCUT2D eigenvalue weighted by Crippen LogP contribution is 2.26. The second-order valence-corrected chi connectivity index (χ2v) is 8.34. The van der Waals surface area contributed by atoms with Gasteiger partial charge in [-0.15, -0.1) is 0 Å². The highest BCUT2D eigenvalue weighted by Gasteiger charge is 2.23. The van der Waals surface area contributed by atoms with Crippen LogP contribution in [-0.4, -0.2) is 59.0 Å². The van der Waals surface area contributed by atoms with Crippen molar-refractivity contribution in [2.45, 2.75) is 20.4 Å². The summed E-state index contributed by atoms with van der Waals surface area (Å²) >= 11 is 0. The monoisotopic (exact) mass is 451 g/mol. The third kappa shape index (κ3) is 4.52. The third-order valence-electron chi connectivity index (χ3n) is 6.17. The van der Waals surface area contributed by atoms with Crippen molar-refractivity contribution in [3.8, 4) is 0 Å². The minimum Gasteiger partial charge on any atom is -0.477 e. The number of hydrogen-bond acceptors (Lipinski definition) is 5. The predicted octanol–water partition coefficient (Wildman–Crippen LogP) is 3.17. The van der Waals surface area contributed by atoms with E-state index in [2.05, 4.69) is 4.90 Å². The van der Waals surface area contributed by atoms with Crippen LogP contribution in [0.5, 0.6) is 0 Å². The number of Topliss-reactive ketones (excluding diaryl/α,β-unsaturated/α-hetero) is 1. The van der Waals surface area contributed by atoms with Gasteiger partial charge in [-0.05, 0) is 26.0 Å². The fourth-order valence-electron chi connectivity index (χ4n) is 4.24. The lowest BCUT2D eigenvalue weighted by molar-refractivity contribution is 0.0694. The van der Waals surface area contributed by atoms with Crippen molar-refractivity contribution in [1.29, 1.82) is 0 Å². The first-order valence-electron chi connectivity index (χ1n) is 11.0. The van der Waals surface area contributed by atoms with Gasteiger partial charge in [-0.25, -0.2) is 9.18 Å². The summed E-state index contributed by atoms with van der Waals surface area (Å²) in [5.41, 5.74) is 1.60. The number of pyridine rings is 1. The van der Waals surface area contributed by atoms with Gasteiger partial charge in [-0.1, -0.05) is 29.8 Å². The Morgan fingerprint density at radius 1 is 1.06 bits per heavy atom. The molecule has 1 aromatic heterocycles. The number of anilines is 1. The predicted molar refractivity (Wildman–Crippen MR) is 125 cm³/mol. The van der Waals surface area contributed by atoms with Crippen molar-refractivity contribution in [1.82, 2.24) is 9.47 Å². The lowest BCUT2D eigenvalue weighted by atomic mass is 10.1. The molecular weight excluding hydrogens is 425 g/mol. The molecule has 4 rings (SSSR count). The average Bonchev–Trinajstić information content (AvgIpc) is 2.80. The minimum atomic E-state index is -1.33. The van der Waals surface area contributed by atoms with Crippen LogP contribution in [0.15, 0.2) is 47.4 Å². The first-order chi connectivity index (χ1) is 15.8. The number of carbonyl (C=O) groups excluding carboxylic acids is 1. The lowest BCUT2D eigenvalue weighted by Gasteiger charge is -2.36. The molecule has 0 radical (unpaired) electrons. The van der Waals surface area contributed by atoms with Crippen molar-refractivity contribution >= 4 is 28.3 Å². The number of carbonyl (C=O) groups is 2. The molecule has 8 heteroatoms. The number of halogens is 1. The normalized spacial score (nSPS) is 14.6. The smallest absolute Gasteiger partial charge is 0.341 e. The van der Waals surface area contributed by atoms with Gasteiger partial charge in [0.2, 0.25) is 5.43 Å². The summed E-state index contributed by atoms with van der Waals surface area (Å²) in [5, 5.41) is 9.36. The molecule has 0 spiro atoms. The zero-order chi connectivity index (χ0) is 23.7. The largest absolute Gasteiger partial charge is 0.477 e. The maximum absolute atomic E-state index is 15.0. The standard InChI is InChI=1S/C25H26FN3O4/c1-3-28-14-19(25(32)33)24(31)18-12-20(26)22(13-21(18)28)29-10-8-27(9-11-29)15-23(30)17-6-4-16(2)5-7-17/h4-7,12-14H,3,8-11,15H2,1-2H3,(H,32,33). The Hall–Kier alpha value is -3.52. The first kappa shape index (κ1) is 22.7. The number of hydrogen-bond donors (Lipinski definition) is 1. The fraction of sp³-hybridized carbons (Fsp3) is 0.320. The molecule has 1 saturated heterocycles. The number of aromatic carboxylic acids is 1. The van der Waals surface area contributed by atoms with E-state index in [1.54, 1.807) is 10.6 Å². The van der Waals surface area contributed by atoms with Crippen molar-refractivity contribution in [2.24, 2.45) is 0 Å². The molecule has 0 saturated carbocycles. The van der Waals surface area contributed by atoms with Crippen LogP contribution in [0.4, 0.5) is 10.1 Å². The van der Waals surface area contributed by atoms with E-state index in [0.29, 0.717) is 56.0 Å². The molecule has 1 N–H and O–H groups in total. The summed E-state index contributed by atoms with van der Waals surface area (Å²) in [6, 6.07) is 10.3. The van der Waals surface area contributed by atoms with Crippen LogP contribution in [0, 0.1) is 12.7 Å². The topological polar surface area (TPSA) is 82.8 Å². The molecule has 3 aromatic rings. The summed E-state index contributed by atoms with van der Waals surface area (Å²) in [5.74, 6) is -1.83. The molecule has 7 nitrogen and oxygen atoms in total. The molecule has 2 heterocycles. The Morgan fingerprint density at radius 3 is 2.33 bits per heavy atom. The highest BCUT2D eigenvalue weighted by atomic mass is 19.1.